The van der Waals surface area contributed by atoms with Gasteiger partial charge in [0, 0.05) is 87.4 Å². The van der Waals surface area contributed by atoms with Gasteiger partial charge in [-0.25, -0.2) is 0 Å². The molecule has 0 saturated heterocycles. The molecule has 6 heterocycles. The maximum absolute atomic E-state index is 6.74. The van der Waals surface area contributed by atoms with Crippen LogP contribution in [-0.4, -0.2) is 8.80 Å². The van der Waals surface area contributed by atoms with Gasteiger partial charge in [0.2, 0.25) is 0 Å². The van der Waals surface area contributed by atoms with Crippen molar-refractivity contribution in [3.05, 3.63) is 254 Å². The predicted molar refractivity (Wildman–Crippen MR) is 335 cm³/mol. The van der Waals surface area contributed by atoms with E-state index in [2.05, 4.69) is 263 Å². The van der Waals surface area contributed by atoms with Gasteiger partial charge < -0.3 is 27.4 Å². The minimum atomic E-state index is 0.888. The predicted octanol–water partition coefficient (Wildman–Crippen LogP) is 21.0. The van der Waals surface area contributed by atoms with Crippen molar-refractivity contribution in [3.8, 4) is 11.1 Å². The number of para-hydroxylation sites is 6. The lowest BCUT2D eigenvalue weighted by Gasteiger charge is -2.27. The van der Waals surface area contributed by atoms with Gasteiger partial charge in [-0.2, -0.15) is 0 Å². The molecule has 0 aliphatic rings. The van der Waals surface area contributed by atoms with Crippen molar-refractivity contribution in [1.29, 1.82) is 0 Å². The molecule has 0 amide bonds. The lowest BCUT2D eigenvalue weighted by Crippen LogP contribution is -2.11. The molecular weight excluding hydrogens is 977 g/mol. The topological polar surface area (TPSA) is 41.6 Å². The number of aryl methyl sites for hydroxylation is 2. The lowest BCUT2D eigenvalue weighted by molar-refractivity contribution is 0.668. The fraction of sp³-hybridized carbons (Fsp3) is 0.0270. The second-order valence-electron chi connectivity index (χ2n) is 21.7. The van der Waals surface area contributed by atoms with Crippen LogP contribution in [0.2, 0.25) is 0 Å². The zero-order chi connectivity index (χ0) is 52.5. The van der Waals surface area contributed by atoms with Gasteiger partial charge in [-0.1, -0.05) is 152 Å². The molecule has 6 heteroatoms. The zero-order valence-electron chi connectivity index (χ0n) is 43.7. The van der Waals surface area contributed by atoms with E-state index >= 15 is 0 Å². The van der Waals surface area contributed by atoms with E-state index in [0.29, 0.717) is 0 Å². The Morgan fingerprint density at radius 3 is 1.20 bits per heavy atom. The van der Waals surface area contributed by atoms with Crippen molar-refractivity contribution < 1.29 is 8.83 Å². The van der Waals surface area contributed by atoms with Crippen LogP contribution in [0.4, 0.5) is 34.1 Å². The lowest BCUT2D eigenvalue weighted by atomic mass is 10.0. The molecule has 0 bridgehead atoms. The molecule has 0 radical (unpaired) electrons. The van der Waals surface area contributed by atoms with Crippen LogP contribution >= 0.6 is 0 Å². The first-order valence-electron chi connectivity index (χ1n) is 27.5. The zero-order valence-corrected chi connectivity index (χ0v) is 43.7. The largest absolute Gasteiger partial charge is 0.454 e. The highest BCUT2D eigenvalue weighted by atomic mass is 16.3. The minimum absolute atomic E-state index is 0.888. The summed E-state index contributed by atoms with van der Waals surface area (Å²) < 4.78 is 18.4. The molecular formula is C74H46N4O2. The summed E-state index contributed by atoms with van der Waals surface area (Å²) in [5, 5.41) is 14.5. The third-order valence-electron chi connectivity index (χ3n) is 17.4. The Hall–Kier alpha value is -10.6. The average Bonchev–Trinajstić information content (AvgIpc) is 3.70. The van der Waals surface area contributed by atoms with Gasteiger partial charge in [-0.05, 0) is 127 Å². The summed E-state index contributed by atoms with van der Waals surface area (Å²) >= 11 is 0. The number of fused-ring (bicyclic) bond motifs is 18. The normalized spacial score (nSPS) is 12.4. The van der Waals surface area contributed by atoms with Crippen molar-refractivity contribution in [2.45, 2.75) is 13.8 Å². The number of furan rings is 2. The summed E-state index contributed by atoms with van der Waals surface area (Å²) in [5.41, 5.74) is 21.9. The van der Waals surface area contributed by atoms with Crippen LogP contribution in [0.5, 0.6) is 0 Å². The van der Waals surface area contributed by atoms with Gasteiger partial charge in [0.25, 0.3) is 0 Å². The molecule has 374 valence electrons. The number of nitrogens with zero attached hydrogens (tertiary/aromatic N) is 4. The second-order valence-corrected chi connectivity index (χ2v) is 21.7. The standard InChI is InChI=1S/C74H46N4O2/c1-43-27-35-57-51-19-9-11-25-67(51)79-73(57)69(43)75(47-15-5-3-6-16-47)49-32-29-45(30-33-49)46-31-37-63-59(39-46)53-21-13-23-55-61-42-66-62(41-65(61)77(63)71(53)55)56-24-14-22-54-60-40-50(34-38-64(60)78(66)72(54)56)76(48-17-7-4-8-18-48)70-44(2)28-36-58-52-20-10-12-26-68(52)80-74(58)70/h3-42H,1-2H3. The smallest absolute Gasteiger partial charge is 0.159 e. The van der Waals surface area contributed by atoms with Crippen molar-refractivity contribution in [2.75, 3.05) is 9.80 Å². The highest BCUT2D eigenvalue weighted by molar-refractivity contribution is 6.29. The number of benzene rings is 12. The van der Waals surface area contributed by atoms with Crippen LogP contribution in [-0.2, 0) is 0 Å². The molecule has 0 aliphatic heterocycles. The van der Waals surface area contributed by atoms with Crippen LogP contribution in [0.3, 0.4) is 0 Å². The maximum Gasteiger partial charge on any atom is 0.159 e. The third-order valence-corrected chi connectivity index (χ3v) is 17.4. The molecule has 6 aromatic heterocycles. The van der Waals surface area contributed by atoms with E-state index in [9.17, 15) is 0 Å². The first-order valence-corrected chi connectivity index (χ1v) is 27.5. The van der Waals surface area contributed by atoms with E-state index in [1.165, 1.54) is 81.8 Å². The quantitative estimate of drug-likeness (QED) is 0.160. The van der Waals surface area contributed by atoms with Crippen molar-refractivity contribution in [1.82, 2.24) is 8.80 Å². The van der Waals surface area contributed by atoms with Crippen LogP contribution in [0, 0.1) is 13.8 Å². The van der Waals surface area contributed by atoms with E-state index in [1.54, 1.807) is 0 Å². The molecule has 0 unspecified atom stereocenters. The molecule has 12 aromatic carbocycles. The Morgan fingerprint density at radius 2 is 0.675 bits per heavy atom. The van der Waals surface area contributed by atoms with Crippen molar-refractivity contribution >= 4 is 154 Å². The number of rotatable bonds is 7. The fourth-order valence-electron chi connectivity index (χ4n) is 13.8. The van der Waals surface area contributed by atoms with Crippen molar-refractivity contribution in [3.63, 3.8) is 0 Å². The molecule has 80 heavy (non-hydrogen) atoms. The SMILES string of the molecule is Cc1ccc2c(oc3ccccc32)c1N(c1ccccc1)c1ccc(-c2ccc3c(c2)c2cccc4c5cc6c(cc5n3c24)c2cccc3c4cc(N(c5ccccc5)c5c(C)ccc7c5oc5ccccc57)ccc4n6c32)cc1. The highest BCUT2D eigenvalue weighted by Crippen LogP contribution is 2.50. The van der Waals surface area contributed by atoms with Crippen LogP contribution in [0.1, 0.15) is 11.1 Å². The number of aromatic nitrogens is 2. The van der Waals surface area contributed by atoms with Gasteiger partial charge >= 0.3 is 0 Å². The third kappa shape index (κ3) is 5.86. The van der Waals surface area contributed by atoms with Crippen LogP contribution in [0.15, 0.2) is 251 Å². The Balaban J connectivity index is 0.769. The Morgan fingerprint density at radius 1 is 0.275 bits per heavy atom. The number of hydrogen-bond donors (Lipinski definition) is 0. The maximum atomic E-state index is 6.74. The second kappa shape index (κ2) is 16.0. The molecule has 0 saturated carbocycles. The van der Waals surface area contributed by atoms with E-state index in [-0.39, 0.29) is 0 Å². The summed E-state index contributed by atoms with van der Waals surface area (Å²) in [5.74, 6) is 0. The Bertz CT molecular complexity index is 5570. The first-order chi connectivity index (χ1) is 39.5. The minimum Gasteiger partial charge on any atom is -0.454 e. The molecule has 0 spiro atoms. The first kappa shape index (κ1) is 43.5. The molecule has 18 aromatic rings. The summed E-state index contributed by atoms with van der Waals surface area (Å²) in [6.45, 7) is 4.36. The summed E-state index contributed by atoms with van der Waals surface area (Å²) in [7, 11) is 0. The summed E-state index contributed by atoms with van der Waals surface area (Å²) in [6, 6.07) is 88.4. The van der Waals surface area contributed by atoms with Gasteiger partial charge in [-0.3, -0.25) is 0 Å². The Kier molecular flexibility index (Phi) is 8.71. The molecule has 6 nitrogen and oxygen atoms in total. The Labute approximate surface area is 458 Å². The van der Waals surface area contributed by atoms with Gasteiger partial charge in [0.1, 0.15) is 11.2 Å². The summed E-state index contributed by atoms with van der Waals surface area (Å²) in [4.78, 5) is 4.72. The molecule has 0 atom stereocenters. The van der Waals surface area contributed by atoms with Crippen LogP contribution < -0.4 is 9.80 Å². The van der Waals surface area contributed by atoms with E-state index in [4.69, 9.17) is 8.83 Å². The van der Waals surface area contributed by atoms with Crippen LogP contribution in [0.25, 0.3) is 131 Å². The number of hydrogen-bond acceptors (Lipinski definition) is 4. The van der Waals surface area contributed by atoms with E-state index < -0.39 is 0 Å². The number of anilines is 6. The van der Waals surface area contributed by atoms with Crippen molar-refractivity contribution in [2.24, 2.45) is 0 Å². The highest BCUT2D eigenvalue weighted by Gasteiger charge is 2.27. The molecule has 0 fully saturated rings. The van der Waals surface area contributed by atoms with Gasteiger partial charge in [0.05, 0.1) is 44.5 Å². The molecule has 18 rings (SSSR count). The van der Waals surface area contributed by atoms with E-state index in [1.807, 2.05) is 12.1 Å². The van der Waals surface area contributed by atoms with Gasteiger partial charge in [-0.15, -0.1) is 0 Å². The fourth-order valence-corrected chi connectivity index (χ4v) is 13.8. The van der Waals surface area contributed by atoms with E-state index in [0.717, 1.165) is 94.7 Å². The monoisotopic (exact) mass is 1020 g/mol. The average molecular weight is 1020 g/mol. The molecule has 0 N–H and O–H groups in total. The molecule has 0 aliphatic carbocycles. The summed E-state index contributed by atoms with van der Waals surface area (Å²) in [6.07, 6.45) is 0. The van der Waals surface area contributed by atoms with Gasteiger partial charge in [0.15, 0.2) is 11.2 Å².